The molecule has 1 aliphatic heterocycles. The van der Waals surface area contributed by atoms with E-state index in [2.05, 4.69) is 0 Å². The lowest BCUT2D eigenvalue weighted by Crippen LogP contribution is -2.26. The van der Waals surface area contributed by atoms with Gasteiger partial charge in [0.05, 0.1) is 10.0 Å². The molecule has 2 nitrogen and oxygen atoms in total. The largest absolute Gasteiger partial charge is 0.339 e. The van der Waals surface area contributed by atoms with Crippen LogP contribution in [0.15, 0.2) is 24.3 Å². The molecular weight excluding hydrogens is 288 g/mol. The Hall–Kier alpha value is -1.06. The second-order valence-corrected chi connectivity index (χ2v) is 5.31. The van der Waals surface area contributed by atoms with Gasteiger partial charge in [-0.3, -0.25) is 4.79 Å². The third kappa shape index (κ3) is 2.93. The van der Waals surface area contributed by atoms with Crippen molar-refractivity contribution in [3.05, 3.63) is 45.7 Å². The molecule has 1 heterocycles. The normalized spacial score (nSPS) is 19.4. The van der Waals surface area contributed by atoms with Crippen molar-refractivity contribution in [1.29, 1.82) is 0 Å². The van der Waals surface area contributed by atoms with Gasteiger partial charge in [-0.05, 0) is 31.6 Å². The van der Waals surface area contributed by atoms with Gasteiger partial charge in [0, 0.05) is 24.6 Å². The van der Waals surface area contributed by atoms with E-state index in [1.54, 1.807) is 17.9 Å². The zero-order valence-electron chi connectivity index (χ0n) is 10.5. The van der Waals surface area contributed by atoms with Crippen LogP contribution in [0.4, 0.5) is 4.39 Å². The van der Waals surface area contributed by atoms with E-state index in [-0.39, 0.29) is 22.7 Å². The van der Waals surface area contributed by atoms with Crippen LogP contribution >= 0.6 is 23.2 Å². The Kier molecular flexibility index (Phi) is 4.48. The molecule has 0 aromatic heterocycles. The van der Waals surface area contributed by atoms with Crippen LogP contribution in [0.1, 0.15) is 24.8 Å². The molecule has 1 aromatic carbocycles. The van der Waals surface area contributed by atoms with Crippen LogP contribution in [0.3, 0.4) is 0 Å². The number of amides is 1. The lowest BCUT2D eigenvalue weighted by Gasteiger charge is -2.16. The molecule has 1 atom stereocenters. The average molecular weight is 302 g/mol. The minimum Gasteiger partial charge on any atom is -0.339 e. The first-order chi connectivity index (χ1) is 9.04. The van der Waals surface area contributed by atoms with Gasteiger partial charge in [-0.25, -0.2) is 4.39 Å². The molecule has 2 rings (SSSR count). The summed E-state index contributed by atoms with van der Waals surface area (Å²) in [5.74, 6) is -0.510. The van der Waals surface area contributed by atoms with Crippen LogP contribution in [0.2, 0.25) is 10.0 Å². The van der Waals surface area contributed by atoms with Gasteiger partial charge in [0.25, 0.3) is 0 Å². The Bertz CT molecular complexity index is 530. The maximum absolute atomic E-state index is 13.9. The molecule has 19 heavy (non-hydrogen) atoms. The second-order valence-electron chi connectivity index (χ2n) is 4.53. The van der Waals surface area contributed by atoms with E-state index in [4.69, 9.17) is 23.2 Å². The first-order valence-corrected chi connectivity index (χ1v) is 6.85. The fourth-order valence-electron chi connectivity index (χ4n) is 2.36. The number of allylic oxidation sites excluding steroid dienone is 1. The molecule has 0 N–H and O–H groups in total. The molecule has 1 amide bonds. The van der Waals surface area contributed by atoms with Crippen LogP contribution in [0.5, 0.6) is 0 Å². The van der Waals surface area contributed by atoms with Gasteiger partial charge in [-0.15, -0.1) is 0 Å². The second kappa shape index (κ2) is 5.93. The van der Waals surface area contributed by atoms with Crippen molar-refractivity contribution >= 4 is 29.1 Å². The highest BCUT2D eigenvalue weighted by molar-refractivity contribution is 6.42. The van der Waals surface area contributed by atoms with Crippen molar-refractivity contribution in [2.75, 3.05) is 13.1 Å². The molecule has 0 spiro atoms. The van der Waals surface area contributed by atoms with Crippen LogP contribution < -0.4 is 0 Å². The van der Waals surface area contributed by atoms with Crippen molar-refractivity contribution in [3.8, 4) is 0 Å². The Morgan fingerprint density at radius 3 is 2.89 bits per heavy atom. The highest BCUT2D eigenvalue weighted by atomic mass is 35.5. The van der Waals surface area contributed by atoms with Gasteiger partial charge in [0.1, 0.15) is 5.82 Å². The van der Waals surface area contributed by atoms with E-state index in [0.717, 1.165) is 0 Å². The summed E-state index contributed by atoms with van der Waals surface area (Å²) in [4.78, 5) is 13.4. The van der Waals surface area contributed by atoms with Crippen molar-refractivity contribution in [1.82, 2.24) is 4.90 Å². The van der Waals surface area contributed by atoms with Crippen molar-refractivity contribution in [2.24, 2.45) is 0 Å². The van der Waals surface area contributed by atoms with E-state index < -0.39 is 0 Å². The summed E-state index contributed by atoms with van der Waals surface area (Å²) in [6, 6.07) is 2.76. The maximum Gasteiger partial charge on any atom is 0.246 e. The van der Waals surface area contributed by atoms with Crippen LogP contribution in [-0.2, 0) is 4.79 Å². The molecule has 5 heteroatoms. The van der Waals surface area contributed by atoms with E-state index >= 15 is 0 Å². The molecule has 0 aliphatic carbocycles. The van der Waals surface area contributed by atoms with Gasteiger partial charge in [-0.1, -0.05) is 29.3 Å². The van der Waals surface area contributed by atoms with Gasteiger partial charge < -0.3 is 4.90 Å². The monoisotopic (exact) mass is 301 g/mol. The molecule has 0 bridgehead atoms. The van der Waals surface area contributed by atoms with Crippen molar-refractivity contribution < 1.29 is 9.18 Å². The zero-order valence-corrected chi connectivity index (χ0v) is 12.0. The van der Waals surface area contributed by atoms with Crippen molar-refractivity contribution in [2.45, 2.75) is 19.3 Å². The van der Waals surface area contributed by atoms with Gasteiger partial charge in [0.15, 0.2) is 0 Å². The molecule has 102 valence electrons. The number of rotatable bonds is 2. The summed E-state index contributed by atoms with van der Waals surface area (Å²) in [6.45, 7) is 2.87. The fourth-order valence-corrected chi connectivity index (χ4v) is 2.83. The molecule has 1 saturated heterocycles. The quantitative estimate of drug-likeness (QED) is 0.597. The maximum atomic E-state index is 13.9. The molecule has 1 aliphatic rings. The number of hydrogen-bond acceptors (Lipinski definition) is 1. The molecular formula is C14H14Cl2FNO. The van der Waals surface area contributed by atoms with E-state index in [1.807, 2.05) is 0 Å². The number of carbonyl (C=O) groups excluding carboxylic acids is 1. The number of nitrogens with zero attached hydrogens (tertiary/aromatic N) is 1. The van der Waals surface area contributed by atoms with Crippen molar-refractivity contribution in [3.63, 3.8) is 0 Å². The third-order valence-electron chi connectivity index (χ3n) is 3.30. The number of benzene rings is 1. The average Bonchev–Trinajstić information content (AvgIpc) is 2.84. The topological polar surface area (TPSA) is 20.3 Å². The van der Waals surface area contributed by atoms with E-state index in [0.29, 0.717) is 30.1 Å². The smallest absolute Gasteiger partial charge is 0.246 e. The number of halogens is 3. The van der Waals surface area contributed by atoms with E-state index in [1.165, 1.54) is 18.2 Å². The highest BCUT2D eigenvalue weighted by Crippen LogP contribution is 2.37. The zero-order chi connectivity index (χ0) is 14.0. The number of hydrogen-bond donors (Lipinski definition) is 0. The van der Waals surface area contributed by atoms with Gasteiger partial charge in [0.2, 0.25) is 5.91 Å². The Morgan fingerprint density at radius 2 is 2.21 bits per heavy atom. The molecule has 1 aromatic rings. The molecule has 1 fully saturated rings. The summed E-state index contributed by atoms with van der Waals surface area (Å²) >= 11 is 12.0. The molecule has 0 radical (unpaired) electrons. The Balaban J connectivity index is 2.22. The predicted octanol–water partition coefficient (Wildman–Crippen LogP) is 4.02. The summed E-state index contributed by atoms with van der Waals surface area (Å²) in [7, 11) is 0. The summed E-state index contributed by atoms with van der Waals surface area (Å²) in [5, 5.41) is 0.600. The number of likely N-dealkylation sites (tertiary alicyclic amines) is 1. The lowest BCUT2D eigenvalue weighted by atomic mass is 9.98. The molecule has 0 unspecified atom stereocenters. The predicted molar refractivity (Wildman–Crippen MR) is 75.2 cm³/mol. The molecule has 0 saturated carbocycles. The SMILES string of the molecule is C/C=C/C(=O)N1CC[C@H](c2c(F)ccc(Cl)c2Cl)C1. The van der Waals surface area contributed by atoms with Crippen LogP contribution in [0, 0.1) is 5.82 Å². The van der Waals surface area contributed by atoms with Gasteiger partial charge >= 0.3 is 0 Å². The standard InChI is InChI=1S/C14H14Cl2FNO/c1-2-3-12(19)18-7-6-9(8-18)13-11(17)5-4-10(15)14(13)16/h2-5,9H,6-8H2,1H3/b3-2+/t9-/m0/s1. The third-order valence-corrected chi connectivity index (χ3v) is 4.12. The summed E-state index contributed by atoms with van der Waals surface area (Å²) < 4.78 is 13.9. The minimum absolute atomic E-state index is 0.0523. The first-order valence-electron chi connectivity index (χ1n) is 6.09. The highest BCUT2D eigenvalue weighted by Gasteiger charge is 2.30. The number of carbonyl (C=O) groups is 1. The van der Waals surface area contributed by atoms with Crippen LogP contribution in [-0.4, -0.2) is 23.9 Å². The summed E-state index contributed by atoms with van der Waals surface area (Å²) in [5.41, 5.74) is 0.421. The minimum atomic E-state index is -0.361. The first kappa shape index (κ1) is 14.4. The van der Waals surface area contributed by atoms with E-state index in [9.17, 15) is 9.18 Å². The Labute approximate surface area is 121 Å². The summed E-state index contributed by atoms with van der Waals surface area (Å²) in [6.07, 6.45) is 3.90. The fraction of sp³-hybridized carbons (Fsp3) is 0.357. The van der Waals surface area contributed by atoms with Crippen LogP contribution in [0.25, 0.3) is 0 Å². The lowest BCUT2D eigenvalue weighted by molar-refractivity contribution is -0.125. The Morgan fingerprint density at radius 1 is 1.47 bits per heavy atom. The van der Waals surface area contributed by atoms with Gasteiger partial charge in [-0.2, -0.15) is 0 Å².